The Bertz CT molecular complexity index is 1340. The van der Waals surface area contributed by atoms with E-state index in [1.807, 2.05) is 37.3 Å². The van der Waals surface area contributed by atoms with Crippen molar-refractivity contribution in [1.82, 2.24) is 15.0 Å². The number of anilines is 6. The Balaban J connectivity index is 1.39. The molecular formula is C26H27N7O4. The van der Waals surface area contributed by atoms with Crippen LogP contribution in [0.15, 0.2) is 66.9 Å². The first-order valence-corrected chi connectivity index (χ1v) is 11.3. The summed E-state index contributed by atoms with van der Waals surface area (Å²) in [4.78, 5) is 25.7. The summed E-state index contributed by atoms with van der Waals surface area (Å²) in [5.41, 5.74) is 1.88. The van der Waals surface area contributed by atoms with Crippen LogP contribution in [0.5, 0.6) is 17.2 Å². The largest absolute Gasteiger partial charge is 0.493 e. The molecule has 0 aliphatic heterocycles. The third kappa shape index (κ3) is 6.54. The number of aromatic nitrogens is 3. The minimum absolute atomic E-state index is 0.424. The third-order valence-corrected chi connectivity index (χ3v) is 5.10. The van der Waals surface area contributed by atoms with Gasteiger partial charge < -0.3 is 35.5 Å². The minimum atomic E-state index is -0.424. The predicted molar refractivity (Wildman–Crippen MR) is 143 cm³/mol. The molecule has 11 nitrogen and oxygen atoms in total. The van der Waals surface area contributed by atoms with Gasteiger partial charge in [0.2, 0.25) is 5.75 Å². The average molecular weight is 502 g/mol. The van der Waals surface area contributed by atoms with E-state index < -0.39 is 6.03 Å². The minimum Gasteiger partial charge on any atom is -0.493 e. The molecule has 190 valence electrons. The van der Waals surface area contributed by atoms with Gasteiger partial charge in [-0.1, -0.05) is 6.07 Å². The number of nitrogens with one attached hydrogen (secondary N) is 4. The summed E-state index contributed by atoms with van der Waals surface area (Å²) in [7, 11) is 4.54. The van der Waals surface area contributed by atoms with Crippen LogP contribution in [0.4, 0.5) is 39.3 Å². The number of aryl methyl sites for hydroxylation is 1. The number of amides is 2. The fraction of sp³-hybridized carbons (Fsp3) is 0.154. The Kier molecular flexibility index (Phi) is 7.84. The van der Waals surface area contributed by atoms with E-state index >= 15 is 0 Å². The first-order valence-electron chi connectivity index (χ1n) is 11.3. The average Bonchev–Trinajstić information content (AvgIpc) is 2.89. The Morgan fingerprint density at radius 1 is 0.703 bits per heavy atom. The summed E-state index contributed by atoms with van der Waals surface area (Å²) < 4.78 is 16.0. The molecular weight excluding hydrogens is 474 g/mol. The van der Waals surface area contributed by atoms with Gasteiger partial charge in [0, 0.05) is 35.8 Å². The van der Waals surface area contributed by atoms with Gasteiger partial charge in [-0.15, -0.1) is 0 Å². The molecule has 0 fully saturated rings. The van der Waals surface area contributed by atoms with Crippen LogP contribution in [-0.2, 0) is 0 Å². The molecule has 2 aromatic heterocycles. The van der Waals surface area contributed by atoms with Gasteiger partial charge in [0.15, 0.2) is 11.5 Å². The Hall–Kier alpha value is -5.06. The number of nitrogens with zero attached hydrogens (tertiary/aromatic N) is 3. The topological polar surface area (TPSA) is 132 Å². The summed E-state index contributed by atoms with van der Waals surface area (Å²) in [6.07, 6.45) is 1.70. The number of pyridine rings is 1. The van der Waals surface area contributed by atoms with E-state index in [0.717, 1.165) is 5.69 Å². The van der Waals surface area contributed by atoms with Crippen LogP contribution in [0.25, 0.3) is 0 Å². The van der Waals surface area contributed by atoms with Crippen molar-refractivity contribution in [2.45, 2.75) is 6.92 Å². The lowest BCUT2D eigenvalue weighted by atomic mass is 10.2. The first kappa shape index (κ1) is 25.0. The number of hydrogen-bond acceptors (Lipinski definition) is 9. The standard InChI is InChI=1S/C26H27N7O4/c1-16-28-23(15-24(29-16)33-22-7-5-6-12-27-22)30-17-8-10-18(11-9-17)31-26(34)32-19-13-20(35-2)25(37-4)21(14-19)36-3/h5-15H,1-4H3,(H2,31,32,34)(H2,27,28,29,30,33). The van der Waals surface area contributed by atoms with Crippen LogP contribution >= 0.6 is 0 Å². The van der Waals surface area contributed by atoms with Crippen molar-refractivity contribution < 1.29 is 19.0 Å². The van der Waals surface area contributed by atoms with Gasteiger partial charge in [0.05, 0.1) is 27.0 Å². The van der Waals surface area contributed by atoms with Gasteiger partial charge in [-0.3, -0.25) is 0 Å². The monoisotopic (exact) mass is 501 g/mol. The number of benzene rings is 2. The molecule has 4 rings (SSSR count). The van der Waals surface area contributed by atoms with E-state index in [1.165, 1.54) is 21.3 Å². The highest BCUT2D eigenvalue weighted by Crippen LogP contribution is 2.40. The van der Waals surface area contributed by atoms with Crippen molar-refractivity contribution in [2.24, 2.45) is 0 Å². The number of urea groups is 1. The number of rotatable bonds is 9. The molecule has 0 atom stereocenters. The van der Waals surface area contributed by atoms with Crippen molar-refractivity contribution in [2.75, 3.05) is 42.6 Å². The highest BCUT2D eigenvalue weighted by Gasteiger charge is 2.14. The molecule has 4 aromatic rings. The van der Waals surface area contributed by atoms with Gasteiger partial charge in [0.1, 0.15) is 23.3 Å². The smallest absolute Gasteiger partial charge is 0.323 e. The van der Waals surface area contributed by atoms with Gasteiger partial charge in [0.25, 0.3) is 0 Å². The Labute approximate surface area is 214 Å². The fourth-order valence-electron chi connectivity index (χ4n) is 3.50. The normalized spacial score (nSPS) is 10.3. The number of ether oxygens (including phenoxy) is 3. The molecule has 0 saturated heterocycles. The molecule has 0 bridgehead atoms. The number of carbonyl (C=O) groups is 1. The number of hydrogen-bond donors (Lipinski definition) is 4. The fourth-order valence-corrected chi connectivity index (χ4v) is 3.50. The van der Waals surface area contributed by atoms with Crippen LogP contribution in [0.2, 0.25) is 0 Å². The van der Waals surface area contributed by atoms with E-state index in [1.54, 1.807) is 36.5 Å². The van der Waals surface area contributed by atoms with Crippen molar-refractivity contribution in [3.05, 3.63) is 72.7 Å². The van der Waals surface area contributed by atoms with Gasteiger partial charge >= 0.3 is 6.03 Å². The van der Waals surface area contributed by atoms with Crippen LogP contribution in [0, 0.1) is 6.92 Å². The molecule has 0 aliphatic rings. The summed E-state index contributed by atoms with van der Waals surface area (Å²) in [6.45, 7) is 1.81. The zero-order valence-electron chi connectivity index (χ0n) is 20.8. The molecule has 0 saturated carbocycles. The maximum Gasteiger partial charge on any atom is 0.323 e. The summed E-state index contributed by atoms with van der Waals surface area (Å²) >= 11 is 0. The maximum absolute atomic E-state index is 12.6. The second-order valence-electron chi connectivity index (χ2n) is 7.72. The summed E-state index contributed by atoms with van der Waals surface area (Å²) in [5, 5.41) is 12.0. The molecule has 0 spiro atoms. The number of carbonyl (C=O) groups excluding carboxylic acids is 1. The van der Waals surface area contributed by atoms with Gasteiger partial charge in [-0.05, 0) is 43.3 Å². The molecule has 0 aliphatic carbocycles. The van der Waals surface area contributed by atoms with Crippen LogP contribution in [0.1, 0.15) is 5.82 Å². The predicted octanol–water partition coefficient (Wildman–Crippen LogP) is 5.34. The highest BCUT2D eigenvalue weighted by atomic mass is 16.5. The first-order chi connectivity index (χ1) is 18.0. The second kappa shape index (κ2) is 11.6. The highest BCUT2D eigenvalue weighted by molar-refractivity contribution is 6.00. The van der Waals surface area contributed by atoms with E-state index in [2.05, 4.69) is 36.2 Å². The summed E-state index contributed by atoms with van der Waals surface area (Å²) in [6, 6.07) is 17.5. The van der Waals surface area contributed by atoms with Crippen molar-refractivity contribution in [3.63, 3.8) is 0 Å². The zero-order valence-corrected chi connectivity index (χ0v) is 20.8. The molecule has 37 heavy (non-hydrogen) atoms. The zero-order chi connectivity index (χ0) is 26.2. The van der Waals surface area contributed by atoms with Crippen molar-refractivity contribution in [1.29, 1.82) is 0 Å². The molecule has 0 radical (unpaired) electrons. The van der Waals surface area contributed by atoms with Gasteiger partial charge in [-0.25, -0.2) is 19.7 Å². The summed E-state index contributed by atoms with van der Waals surface area (Å²) in [5.74, 6) is 3.84. The Morgan fingerprint density at radius 3 is 1.92 bits per heavy atom. The van der Waals surface area contributed by atoms with Gasteiger partial charge in [-0.2, -0.15) is 0 Å². The van der Waals surface area contributed by atoms with Crippen molar-refractivity contribution in [3.8, 4) is 17.2 Å². The molecule has 2 aromatic carbocycles. The van der Waals surface area contributed by atoms with E-state index in [4.69, 9.17) is 14.2 Å². The molecule has 4 N–H and O–H groups in total. The molecule has 11 heteroatoms. The number of methoxy groups -OCH3 is 3. The van der Waals surface area contributed by atoms with E-state index in [-0.39, 0.29) is 0 Å². The van der Waals surface area contributed by atoms with Crippen LogP contribution < -0.4 is 35.5 Å². The lowest BCUT2D eigenvalue weighted by molar-refractivity contribution is 0.262. The van der Waals surface area contributed by atoms with Crippen molar-refractivity contribution >= 4 is 40.5 Å². The molecule has 2 amide bonds. The molecule has 2 heterocycles. The van der Waals surface area contributed by atoms with E-state index in [0.29, 0.717) is 51.9 Å². The quantitative estimate of drug-likeness (QED) is 0.240. The lowest BCUT2D eigenvalue weighted by Crippen LogP contribution is -2.19. The molecule has 0 unspecified atom stereocenters. The third-order valence-electron chi connectivity index (χ3n) is 5.10. The maximum atomic E-state index is 12.6. The van der Waals surface area contributed by atoms with Crippen LogP contribution in [0.3, 0.4) is 0 Å². The second-order valence-corrected chi connectivity index (χ2v) is 7.72. The van der Waals surface area contributed by atoms with Crippen LogP contribution in [-0.4, -0.2) is 42.3 Å². The van der Waals surface area contributed by atoms with E-state index in [9.17, 15) is 4.79 Å². The Morgan fingerprint density at radius 2 is 1.32 bits per heavy atom. The SMILES string of the molecule is COc1cc(NC(=O)Nc2ccc(Nc3cc(Nc4ccccn4)nc(C)n3)cc2)cc(OC)c1OC. The lowest BCUT2D eigenvalue weighted by Gasteiger charge is -2.15.